The van der Waals surface area contributed by atoms with E-state index in [1.165, 1.54) is 12.3 Å². The fourth-order valence-electron chi connectivity index (χ4n) is 1.78. The Kier molecular flexibility index (Phi) is 4.99. The average molecular weight is 276 g/mol. The Bertz CT molecular complexity index is 672. The molecule has 1 aromatic carbocycles. The maximum Gasteiger partial charge on any atom is 1.00 e. The van der Waals surface area contributed by atoms with Crippen LogP contribution < -0.4 is 35.0 Å². The molecule has 2 aromatic rings. The monoisotopic (exact) mass is 275 g/mol. The Morgan fingerprint density at radius 2 is 2.17 bits per heavy atom. The van der Waals surface area contributed by atoms with Gasteiger partial charge in [0.05, 0.1) is 5.52 Å². The van der Waals surface area contributed by atoms with E-state index in [2.05, 4.69) is 0 Å². The number of carboxylic acids is 1. The van der Waals surface area contributed by atoms with Crippen LogP contribution in [0.25, 0.3) is 10.9 Å². The molecule has 0 saturated heterocycles. The minimum atomic E-state index is -1.22. The smallest absolute Gasteiger partial charge is 1.00 e. The molecule has 0 amide bonds. The van der Waals surface area contributed by atoms with Gasteiger partial charge in [-0.2, -0.15) is 0 Å². The van der Waals surface area contributed by atoms with E-state index in [0.29, 0.717) is 22.5 Å². The molecule has 1 N–H and O–H groups in total. The van der Waals surface area contributed by atoms with E-state index in [1.807, 2.05) is 6.92 Å². The van der Waals surface area contributed by atoms with E-state index in [4.69, 9.17) is 16.7 Å². The minimum absolute atomic E-state index is 0. The van der Waals surface area contributed by atoms with Crippen LogP contribution in [0.15, 0.2) is 29.2 Å². The Morgan fingerprint density at radius 1 is 1.50 bits per heavy atom. The number of carboxylic acid groups (broad SMARTS) is 1. The fraction of sp³-hybridized carbons (Fsp3) is 0.167. The molecule has 0 spiro atoms. The van der Waals surface area contributed by atoms with Crippen LogP contribution in [-0.2, 0) is 6.54 Å². The standard InChI is InChI=1S/C12H10ClNO3.Na.H/c1-2-14-6-9(12(16)17)11(15)8-5-7(13)3-4-10(8)14;;/h3-6H,2H2,1H3,(H,16,17);;/q;+1;-1. The summed E-state index contributed by atoms with van der Waals surface area (Å²) in [5.41, 5.74) is -0.0479. The second-order valence-corrected chi connectivity index (χ2v) is 4.06. The first kappa shape index (κ1) is 15.2. The Hall–Kier alpha value is -0.810. The quantitative estimate of drug-likeness (QED) is 0.751. The van der Waals surface area contributed by atoms with Crippen molar-refractivity contribution in [2.24, 2.45) is 0 Å². The third-order valence-electron chi connectivity index (χ3n) is 2.61. The molecule has 0 aliphatic carbocycles. The molecule has 0 radical (unpaired) electrons. The minimum Gasteiger partial charge on any atom is -1.00 e. The van der Waals surface area contributed by atoms with Crippen LogP contribution in [0.2, 0.25) is 5.02 Å². The number of nitrogens with zero attached hydrogens (tertiary/aromatic N) is 1. The van der Waals surface area contributed by atoms with E-state index in [1.54, 1.807) is 16.7 Å². The van der Waals surface area contributed by atoms with E-state index in [9.17, 15) is 9.59 Å². The van der Waals surface area contributed by atoms with E-state index in [0.717, 1.165) is 0 Å². The molecule has 4 nitrogen and oxygen atoms in total. The van der Waals surface area contributed by atoms with Gasteiger partial charge in [0.15, 0.2) is 0 Å². The van der Waals surface area contributed by atoms with Gasteiger partial charge in [0.25, 0.3) is 0 Å². The van der Waals surface area contributed by atoms with Crippen LogP contribution in [0.1, 0.15) is 18.7 Å². The first-order valence-electron chi connectivity index (χ1n) is 5.10. The maximum absolute atomic E-state index is 11.9. The Morgan fingerprint density at radius 3 is 2.72 bits per heavy atom. The molecule has 1 aromatic heterocycles. The van der Waals surface area contributed by atoms with Gasteiger partial charge in [-0.15, -0.1) is 0 Å². The van der Waals surface area contributed by atoms with Gasteiger partial charge in [0, 0.05) is 23.2 Å². The van der Waals surface area contributed by atoms with Crippen molar-refractivity contribution in [1.82, 2.24) is 4.57 Å². The van der Waals surface area contributed by atoms with Crippen molar-refractivity contribution in [3.63, 3.8) is 0 Å². The molecule has 0 saturated carbocycles. The number of hydrogen-bond donors (Lipinski definition) is 1. The zero-order valence-electron chi connectivity index (χ0n) is 11.1. The summed E-state index contributed by atoms with van der Waals surface area (Å²) >= 11 is 5.82. The van der Waals surface area contributed by atoms with Gasteiger partial charge in [-0.25, -0.2) is 4.79 Å². The molecular formula is C12H11ClNNaO3. The summed E-state index contributed by atoms with van der Waals surface area (Å²) in [4.78, 5) is 22.9. The third-order valence-corrected chi connectivity index (χ3v) is 2.85. The number of benzene rings is 1. The van der Waals surface area contributed by atoms with Crippen molar-refractivity contribution >= 4 is 28.5 Å². The largest absolute Gasteiger partial charge is 1.00 e. The maximum atomic E-state index is 11.9. The second kappa shape index (κ2) is 5.89. The van der Waals surface area contributed by atoms with Crippen LogP contribution in [0.4, 0.5) is 0 Å². The van der Waals surface area contributed by atoms with E-state index >= 15 is 0 Å². The summed E-state index contributed by atoms with van der Waals surface area (Å²) in [6.45, 7) is 2.46. The summed E-state index contributed by atoms with van der Waals surface area (Å²) in [7, 11) is 0. The summed E-state index contributed by atoms with van der Waals surface area (Å²) in [5, 5.41) is 9.72. The number of rotatable bonds is 2. The molecule has 2 rings (SSSR count). The van der Waals surface area contributed by atoms with Gasteiger partial charge in [0.2, 0.25) is 5.43 Å². The average Bonchev–Trinajstić information content (AvgIpc) is 2.29. The molecule has 18 heavy (non-hydrogen) atoms. The SMILES string of the molecule is CCn1cc(C(=O)O)c(=O)c2cc(Cl)ccc21.[H-].[Na+]. The van der Waals surface area contributed by atoms with Gasteiger partial charge in [-0.1, -0.05) is 11.6 Å². The predicted molar refractivity (Wildman–Crippen MR) is 67.0 cm³/mol. The van der Waals surface area contributed by atoms with Crippen molar-refractivity contribution in [2.45, 2.75) is 13.5 Å². The molecule has 0 aliphatic rings. The number of aromatic nitrogens is 1. The Labute approximate surface area is 132 Å². The topological polar surface area (TPSA) is 59.3 Å². The molecule has 0 bridgehead atoms. The van der Waals surface area contributed by atoms with Gasteiger partial charge >= 0.3 is 35.5 Å². The second-order valence-electron chi connectivity index (χ2n) is 3.62. The number of halogens is 1. The number of hydrogen-bond acceptors (Lipinski definition) is 2. The molecule has 90 valence electrons. The van der Waals surface area contributed by atoms with E-state index < -0.39 is 11.4 Å². The van der Waals surface area contributed by atoms with Crippen LogP contribution >= 0.6 is 11.6 Å². The van der Waals surface area contributed by atoms with Crippen molar-refractivity contribution < 1.29 is 40.9 Å². The number of fused-ring (bicyclic) bond motifs is 1. The number of aryl methyl sites for hydroxylation is 1. The molecular weight excluding hydrogens is 265 g/mol. The van der Waals surface area contributed by atoms with Crippen molar-refractivity contribution in [2.75, 3.05) is 0 Å². The van der Waals surface area contributed by atoms with Gasteiger partial charge in [-0.3, -0.25) is 4.79 Å². The molecule has 0 aliphatic heterocycles. The molecule has 0 fully saturated rings. The van der Waals surface area contributed by atoms with Gasteiger partial charge < -0.3 is 11.1 Å². The molecule has 0 atom stereocenters. The third kappa shape index (κ3) is 2.62. The van der Waals surface area contributed by atoms with Crippen LogP contribution in [0, 0.1) is 0 Å². The van der Waals surface area contributed by atoms with Gasteiger partial charge in [-0.05, 0) is 25.1 Å². The molecule has 6 heteroatoms. The summed E-state index contributed by atoms with van der Waals surface area (Å²) in [6, 6.07) is 4.89. The predicted octanol–water partition coefficient (Wildman–Crippen LogP) is -0.510. The molecule has 1 heterocycles. The summed E-state index contributed by atoms with van der Waals surface area (Å²) in [6.07, 6.45) is 1.36. The van der Waals surface area contributed by atoms with Crippen molar-refractivity contribution in [3.05, 3.63) is 45.2 Å². The number of aromatic carboxylic acids is 1. The van der Waals surface area contributed by atoms with Crippen molar-refractivity contribution in [3.8, 4) is 0 Å². The first-order valence-corrected chi connectivity index (χ1v) is 5.48. The zero-order valence-corrected chi connectivity index (χ0v) is 12.9. The van der Waals surface area contributed by atoms with Crippen molar-refractivity contribution in [1.29, 1.82) is 0 Å². The Balaban J connectivity index is 0.00000162. The number of pyridine rings is 1. The summed E-state index contributed by atoms with van der Waals surface area (Å²) in [5.74, 6) is -1.22. The molecule has 0 unspecified atom stereocenters. The first-order chi connectivity index (χ1) is 8.04. The number of carbonyl (C=O) groups is 1. The summed E-state index contributed by atoms with van der Waals surface area (Å²) < 4.78 is 1.72. The van der Waals surface area contributed by atoms with Crippen LogP contribution in [0.3, 0.4) is 0 Å². The zero-order chi connectivity index (χ0) is 12.6. The van der Waals surface area contributed by atoms with Crippen LogP contribution in [0.5, 0.6) is 0 Å². The van der Waals surface area contributed by atoms with Gasteiger partial charge in [0.1, 0.15) is 5.56 Å². The normalized spacial score (nSPS) is 10.1. The van der Waals surface area contributed by atoms with Crippen LogP contribution in [-0.4, -0.2) is 15.6 Å². The van der Waals surface area contributed by atoms with E-state index in [-0.39, 0.29) is 36.5 Å². The fourth-order valence-corrected chi connectivity index (χ4v) is 1.96.